The third-order valence-corrected chi connectivity index (χ3v) is 1.40. The van der Waals surface area contributed by atoms with Crippen LogP contribution >= 0.6 is 0 Å². The molecule has 0 radical (unpaired) electrons. The van der Waals surface area contributed by atoms with Gasteiger partial charge in [-0.25, -0.2) is 19.0 Å². The lowest BCUT2D eigenvalue weighted by molar-refractivity contribution is 0.0944. The molecule has 0 heterocycles. The van der Waals surface area contributed by atoms with Crippen LogP contribution in [-0.2, 0) is 0 Å². The molecule has 13 heavy (non-hydrogen) atoms. The first-order chi connectivity index (χ1) is 6.07. The molecule has 0 aliphatic carbocycles. The number of amides is 1. The van der Waals surface area contributed by atoms with E-state index < -0.39 is 28.9 Å². The maximum atomic E-state index is 12.8. The van der Waals surface area contributed by atoms with E-state index in [1.165, 1.54) is 5.43 Å². The molecule has 0 aliphatic rings. The summed E-state index contributed by atoms with van der Waals surface area (Å²) in [6.07, 6.45) is 0. The maximum absolute atomic E-state index is 12.8. The number of benzene rings is 1. The smallest absolute Gasteiger partial charge is 0.271 e. The van der Waals surface area contributed by atoms with Crippen LogP contribution in [0, 0.1) is 17.5 Å². The fourth-order valence-electron chi connectivity index (χ4n) is 0.807. The molecule has 0 unspecified atom stereocenters. The molecular weight excluding hydrogens is 185 g/mol. The number of nitrogen functional groups attached to an aromatic ring is 1. The zero-order valence-electron chi connectivity index (χ0n) is 6.27. The number of nitrogens with two attached hydrogens (primary N) is 1. The maximum Gasteiger partial charge on any atom is 0.271 e. The first kappa shape index (κ1) is 9.53. The molecular formula is C7H5F3N2O. The molecule has 6 heteroatoms. The van der Waals surface area contributed by atoms with Crippen LogP contribution in [0.5, 0.6) is 0 Å². The first-order valence-corrected chi connectivity index (χ1v) is 3.22. The summed E-state index contributed by atoms with van der Waals surface area (Å²) in [5.41, 5.74) is 0.479. The van der Waals surface area contributed by atoms with Gasteiger partial charge in [0.1, 0.15) is 11.4 Å². The van der Waals surface area contributed by atoms with Gasteiger partial charge in [-0.3, -0.25) is 10.2 Å². The minimum atomic E-state index is -1.55. The van der Waals surface area contributed by atoms with Crippen LogP contribution in [0.3, 0.4) is 0 Å². The first-order valence-electron chi connectivity index (χ1n) is 3.22. The number of rotatable bonds is 1. The molecule has 70 valence electrons. The summed E-state index contributed by atoms with van der Waals surface area (Å²) in [7, 11) is 0. The number of nitrogens with one attached hydrogen (secondary N) is 1. The lowest BCUT2D eigenvalue weighted by Gasteiger charge is -2.02. The SMILES string of the molecule is NNC(=O)c1c(F)ccc(F)c1F. The highest BCUT2D eigenvalue weighted by Crippen LogP contribution is 2.15. The standard InChI is InChI=1S/C7H5F3N2O/c8-3-1-2-4(9)6(10)5(3)7(13)12-11/h1-2H,11H2,(H,12,13). The van der Waals surface area contributed by atoms with E-state index >= 15 is 0 Å². The van der Waals surface area contributed by atoms with Crippen molar-refractivity contribution in [2.75, 3.05) is 0 Å². The second-order valence-corrected chi connectivity index (χ2v) is 2.19. The average Bonchev–Trinajstić information content (AvgIpc) is 2.12. The molecule has 1 amide bonds. The van der Waals surface area contributed by atoms with Gasteiger partial charge in [0, 0.05) is 0 Å². The number of carbonyl (C=O) groups is 1. The lowest BCUT2D eigenvalue weighted by Crippen LogP contribution is -2.31. The van der Waals surface area contributed by atoms with Crippen LogP contribution in [0.4, 0.5) is 13.2 Å². The third-order valence-electron chi connectivity index (χ3n) is 1.40. The topological polar surface area (TPSA) is 55.1 Å². The van der Waals surface area contributed by atoms with Crippen molar-refractivity contribution in [3.8, 4) is 0 Å². The van der Waals surface area contributed by atoms with Gasteiger partial charge < -0.3 is 0 Å². The highest BCUT2D eigenvalue weighted by atomic mass is 19.2. The van der Waals surface area contributed by atoms with Gasteiger partial charge in [0.15, 0.2) is 11.6 Å². The van der Waals surface area contributed by atoms with Crippen LogP contribution in [0.15, 0.2) is 12.1 Å². The summed E-state index contributed by atoms with van der Waals surface area (Å²) in [4.78, 5) is 10.7. The van der Waals surface area contributed by atoms with Crippen molar-refractivity contribution in [2.24, 2.45) is 5.84 Å². The van der Waals surface area contributed by atoms with Crippen molar-refractivity contribution in [2.45, 2.75) is 0 Å². The predicted molar refractivity (Wildman–Crippen MR) is 38.0 cm³/mol. The molecule has 3 N–H and O–H groups in total. The molecule has 0 saturated heterocycles. The molecule has 0 fully saturated rings. The van der Waals surface area contributed by atoms with Crippen LogP contribution in [0.1, 0.15) is 10.4 Å². The van der Waals surface area contributed by atoms with Crippen LogP contribution < -0.4 is 11.3 Å². The Hall–Kier alpha value is -1.56. The summed E-state index contributed by atoms with van der Waals surface area (Å²) < 4.78 is 38.0. The summed E-state index contributed by atoms with van der Waals surface area (Å²) in [6.45, 7) is 0. The molecule has 0 atom stereocenters. The van der Waals surface area contributed by atoms with E-state index in [2.05, 4.69) is 5.84 Å². The van der Waals surface area contributed by atoms with E-state index in [-0.39, 0.29) is 0 Å². The monoisotopic (exact) mass is 190 g/mol. The normalized spacial score (nSPS) is 9.85. The molecule has 0 aliphatic heterocycles. The molecule has 3 nitrogen and oxygen atoms in total. The van der Waals surface area contributed by atoms with E-state index in [9.17, 15) is 18.0 Å². The Bertz CT molecular complexity index is 354. The molecule has 1 aromatic carbocycles. The van der Waals surface area contributed by atoms with Gasteiger partial charge in [0.05, 0.1) is 0 Å². The number of hydrazine groups is 1. The zero-order chi connectivity index (χ0) is 10.0. The summed E-state index contributed by atoms with van der Waals surface area (Å²) in [5.74, 6) is -0.600. The number of carbonyl (C=O) groups excluding carboxylic acids is 1. The van der Waals surface area contributed by atoms with Crippen molar-refractivity contribution in [3.05, 3.63) is 35.1 Å². The Morgan fingerprint density at radius 3 is 2.31 bits per heavy atom. The second kappa shape index (κ2) is 3.44. The zero-order valence-corrected chi connectivity index (χ0v) is 6.27. The van der Waals surface area contributed by atoms with Gasteiger partial charge in [-0.1, -0.05) is 0 Å². The van der Waals surface area contributed by atoms with Crippen LogP contribution in [0.25, 0.3) is 0 Å². The Labute approximate surface area is 71.3 Å². The molecule has 1 aromatic rings. The van der Waals surface area contributed by atoms with Crippen LogP contribution in [-0.4, -0.2) is 5.91 Å². The molecule has 0 aromatic heterocycles. The van der Waals surface area contributed by atoms with Gasteiger partial charge >= 0.3 is 0 Å². The van der Waals surface area contributed by atoms with E-state index in [0.717, 1.165) is 0 Å². The largest absolute Gasteiger partial charge is 0.290 e. The molecule has 0 bridgehead atoms. The van der Waals surface area contributed by atoms with Crippen molar-refractivity contribution in [1.29, 1.82) is 0 Å². The Kier molecular flexibility index (Phi) is 2.52. The van der Waals surface area contributed by atoms with Gasteiger partial charge in [-0.2, -0.15) is 0 Å². The van der Waals surface area contributed by atoms with E-state index in [1.807, 2.05) is 0 Å². The van der Waals surface area contributed by atoms with E-state index in [0.29, 0.717) is 12.1 Å². The number of hydrogen-bond donors (Lipinski definition) is 2. The summed E-state index contributed by atoms with van der Waals surface area (Å²) in [6, 6.07) is 1.22. The van der Waals surface area contributed by atoms with E-state index in [4.69, 9.17) is 0 Å². The van der Waals surface area contributed by atoms with Crippen molar-refractivity contribution in [1.82, 2.24) is 5.43 Å². The fraction of sp³-hybridized carbons (Fsp3) is 0. The summed E-state index contributed by atoms with van der Waals surface area (Å²) in [5, 5.41) is 0. The van der Waals surface area contributed by atoms with Gasteiger partial charge in [-0.05, 0) is 12.1 Å². The average molecular weight is 190 g/mol. The van der Waals surface area contributed by atoms with E-state index in [1.54, 1.807) is 0 Å². The van der Waals surface area contributed by atoms with Gasteiger partial charge in [-0.15, -0.1) is 0 Å². The van der Waals surface area contributed by atoms with Crippen molar-refractivity contribution in [3.63, 3.8) is 0 Å². The quantitative estimate of drug-likeness (QED) is 0.296. The summed E-state index contributed by atoms with van der Waals surface area (Å²) >= 11 is 0. The van der Waals surface area contributed by atoms with Crippen molar-refractivity contribution < 1.29 is 18.0 Å². The van der Waals surface area contributed by atoms with Gasteiger partial charge in [0.25, 0.3) is 5.91 Å². The molecule has 0 saturated carbocycles. The highest BCUT2D eigenvalue weighted by Gasteiger charge is 2.19. The van der Waals surface area contributed by atoms with Gasteiger partial charge in [0.2, 0.25) is 0 Å². The third kappa shape index (κ3) is 1.62. The Balaban J connectivity index is 3.33. The highest BCUT2D eigenvalue weighted by molar-refractivity contribution is 5.94. The van der Waals surface area contributed by atoms with Crippen molar-refractivity contribution >= 4 is 5.91 Å². The lowest BCUT2D eigenvalue weighted by atomic mass is 10.2. The second-order valence-electron chi connectivity index (χ2n) is 2.19. The Morgan fingerprint density at radius 1 is 1.23 bits per heavy atom. The molecule has 1 rings (SSSR count). The van der Waals surface area contributed by atoms with Crippen LogP contribution in [0.2, 0.25) is 0 Å². The minimum absolute atomic E-state index is 0.581. The molecule has 0 spiro atoms. The number of halogens is 3. The minimum Gasteiger partial charge on any atom is -0.290 e. The Morgan fingerprint density at radius 2 is 1.77 bits per heavy atom. The fourth-order valence-corrected chi connectivity index (χ4v) is 0.807. The number of hydrogen-bond acceptors (Lipinski definition) is 2. The predicted octanol–water partition coefficient (Wildman–Crippen LogP) is 0.707.